The van der Waals surface area contributed by atoms with Crippen molar-refractivity contribution in [3.05, 3.63) is 48.0 Å². The van der Waals surface area contributed by atoms with Crippen LogP contribution in [0.2, 0.25) is 0 Å². The molecule has 2 aromatic carbocycles. The molecule has 1 N–H and O–H groups in total. The number of fused-ring (bicyclic) bond motifs is 1. The molecule has 1 saturated heterocycles. The summed E-state index contributed by atoms with van der Waals surface area (Å²) in [5.74, 6) is 0.0359. The summed E-state index contributed by atoms with van der Waals surface area (Å²) in [4.78, 5) is 14.8. The van der Waals surface area contributed by atoms with Gasteiger partial charge in [0.1, 0.15) is 0 Å². The number of nitrogens with one attached hydrogen (secondary N) is 1. The van der Waals surface area contributed by atoms with Gasteiger partial charge in [0.2, 0.25) is 0 Å². The second-order valence-electron chi connectivity index (χ2n) is 6.43. The van der Waals surface area contributed by atoms with Gasteiger partial charge in [-0.3, -0.25) is 4.79 Å². The van der Waals surface area contributed by atoms with E-state index in [1.54, 1.807) is 0 Å². The van der Waals surface area contributed by atoms with Crippen molar-refractivity contribution < 1.29 is 4.79 Å². The molecule has 1 aliphatic rings. The molecule has 0 saturated carbocycles. The molecule has 122 valence electrons. The van der Waals surface area contributed by atoms with E-state index in [9.17, 15) is 4.79 Å². The average Bonchev–Trinajstić information content (AvgIpc) is 2.61. The highest BCUT2D eigenvalue weighted by Gasteiger charge is 2.09. The largest absolute Gasteiger partial charge is 0.352 e. The summed E-state index contributed by atoms with van der Waals surface area (Å²) in [7, 11) is 0. The first-order valence-corrected chi connectivity index (χ1v) is 8.82. The first kappa shape index (κ1) is 16.0. The molecular formula is C20H26N2O. The van der Waals surface area contributed by atoms with Crippen LogP contribution in [-0.4, -0.2) is 37.0 Å². The zero-order valence-electron chi connectivity index (χ0n) is 13.8. The molecular weight excluding hydrogens is 284 g/mol. The fourth-order valence-electron chi connectivity index (χ4n) is 3.28. The molecule has 0 aliphatic carbocycles. The van der Waals surface area contributed by atoms with E-state index < -0.39 is 0 Å². The molecule has 23 heavy (non-hydrogen) atoms. The summed E-state index contributed by atoms with van der Waals surface area (Å²) in [5, 5.41) is 5.33. The number of hydrogen-bond acceptors (Lipinski definition) is 2. The van der Waals surface area contributed by atoms with Gasteiger partial charge in [-0.25, -0.2) is 0 Å². The predicted octanol–water partition coefficient (Wildman–Crippen LogP) is 3.84. The van der Waals surface area contributed by atoms with Crippen molar-refractivity contribution >= 4 is 16.7 Å². The second kappa shape index (κ2) is 8.11. The quantitative estimate of drug-likeness (QED) is 0.822. The summed E-state index contributed by atoms with van der Waals surface area (Å²) >= 11 is 0. The zero-order chi connectivity index (χ0) is 15.9. The summed E-state index contributed by atoms with van der Waals surface area (Å²) in [6.45, 7) is 4.44. The Morgan fingerprint density at radius 2 is 1.74 bits per heavy atom. The normalized spacial score (nSPS) is 15.7. The third kappa shape index (κ3) is 4.55. The van der Waals surface area contributed by atoms with E-state index in [-0.39, 0.29) is 5.91 Å². The lowest BCUT2D eigenvalue weighted by molar-refractivity contribution is 0.0952. The minimum atomic E-state index is 0.0359. The molecule has 3 nitrogen and oxygen atoms in total. The Morgan fingerprint density at radius 1 is 0.957 bits per heavy atom. The van der Waals surface area contributed by atoms with Gasteiger partial charge >= 0.3 is 0 Å². The number of unbranched alkanes of at least 4 members (excludes halogenated alkanes) is 1. The Bertz CT molecular complexity index is 647. The van der Waals surface area contributed by atoms with Crippen LogP contribution in [0.25, 0.3) is 10.8 Å². The van der Waals surface area contributed by atoms with Crippen molar-refractivity contribution in [1.82, 2.24) is 10.2 Å². The van der Waals surface area contributed by atoms with Gasteiger partial charge in [-0.2, -0.15) is 0 Å². The Balaban J connectivity index is 1.41. The maximum absolute atomic E-state index is 12.2. The van der Waals surface area contributed by atoms with Crippen LogP contribution in [-0.2, 0) is 0 Å². The Labute approximate surface area is 138 Å². The summed E-state index contributed by atoms with van der Waals surface area (Å²) in [5.41, 5.74) is 0.750. The molecule has 3 rings (SSSR count). The van der Waals surface area contributed by atoms with E-state index >= 15 is 0 Å². The highest BCUT2D eigenvalue weighted by Crippen LogP contribution is 2.15. The van der Waals surface area contributed by atoms with Gasteiger partial charge in [-0.15, -0.1) is 0 Å². The summed E-state index contributed by atoms with van der Waals surface area (Å²) in [6, 6.07) is 14.0. The van der Waals surface area contributed by atoms with E-state index in [2.05, 4.69) is 16.3 Å². The van der Waals surface area contributed by atoms with Crippen LogP contribution in [0, 0.1) is 0 Å². The van der Waals surface area contributed by atoms with E-state index in [1.165, 1.54) is 44.3 Å². The number of benzene rings is 2. The molecule has 0 radical (unpaired) electrons. The molecule has 0 aromatic heterocycles. The first-order valence-electron chi connectivity index (χ1n) is 8.82. The van der Waals surface area contributed by atoms with Crippen LogP contribution in [0.15, 0.2) is 42.5 Å². The number of carbonyl (C=O) groups excluding carboxylic acids is 1. The SMILES string of the molecule is O=C(NCCCCN1CCCCC1)c1ccc2ccccc2c1. The van der Waals surface area contributed by atoms with Crippen LogP contribution in [0.3, 0.4) is 0 Å². The van der Waals surface area contributed by atoms with Crippen molar-refractivity contribution in [2.24, 2.45) is 0 Å². The molecule has 0 spiro atoms. The molecule has 1 heterocycles. The second-order valence-corrected chi connectivity index (χ2v) is 6.43. The van der Waals surface area contributed by atoms with Gasteiger partial charge < -0.3 is 10.2 Å². The average molecular weight is 310 g/mol. The van der Waals surface area contributed by atoms with Crippen molar-refractivity contribution in [3.8, 4) is 0 Å². The lowest BCUT2D eigenvalue weighted by Crippen LogP contribution is -2.31. The fourth-order valence-corrected chi connectivity index (χ4v) is 3.28. The molecule has 1 fully saturated rings. The number of likely N-dealkylation sites (tertiary alicyclic amines) is 1. The number of nitrogens with zero attached hydrogens (tertiary/aromatic N) is 1. The van der Waals surface area contributed by atoms with Crippen molar-refractivity contribution in [1.29, 1.82) is 0 Å². The maximum atomic E-state index is 12.2. The monoisotopic (exact) mass is 310 g/mol. The van der Waals surface area contributed by atoms with Crippen molar-refractivity contribution in [2.45, 2.75) is 32.1 Å². The van der Waals surface area contributed by atoms with Gasteiger partial charge in [-0.1, -0.05) is 36.8 Å². The van der Waals surface area contributed by atoms with Crippen LogP contribution in [0.4, 0.5) is 0 Å². The minimum absolute atomic E-state index is 0.0359. The standard InChI is InChI=1S/C20H26N2O/c23-20(19-11-10-17-8-2-3-9-18(17)16-19)21-12-4-7-15-22-13-5-1-6-14-22/h2-3,8-11,16H,1,4-7,12-15H2,(H,21,23). The number of carbonyl (C=O) groups is 1. The molecule has 2 aromatic rings. The van der Waals surface area contributed by atoms with Crippen molar-refractivity contribution in [2.75, 3.05) is 26.2 Å². The maximum Gasteiger partial charge on any atom is 0.251 e. The van der Waals surface area contributed by atoms with E-state index in [0.29, 0.717) is 0 Å². The Kier molecular flexibility index (Phi) is 5.65. The summed E-state index contributed by atoms with van der Waals surface area (Å²) < 4.78 is 0. The number of piperidine rings is 1. The first-order chi connectivity index (χ1) is 11.3. The smallest absolute Gasteiger partial charge is 0.251 e. The van der Waals surface area contributed by atoms with E-state index in [4.69, 9.17) is 0 Å². The third-order valence-corrected chi connectivity index (χ3v) is 4.65. The van der Waals surface area contributed by atoms with E-state index in [1.807, 2.05) is 36.4 Å². The zero-order valence-corrected chi connectivity index (χ0v) is 13.8. The Morgan fingerprint density at radius 3 is 2.57 bits per heavy atom. The number of rotatable bonds is 6. The van der Waals surface area contributed by atoms with Gasteiger partial charge in [-0.05, 0) is 68.2 Å². The third-order valence-electron chi connectivity index (χ3n) is 4.65. The van der Waals surface area contributed by atoms with Crippen LogP contribution in [0.5, 0.6) is 0 Å². The Hall–Kier alpha value is -1.87. The molecule has 0 bridgehead atoms. The molecule has 0 unspecified atom stereocenters. The van der Waals surface area contributed by atoms with Gasteiger partial charge in [0.15, 0.2) is 0 Å². The highest BCUT2D eigenvalue weighted by atomic mass is 16.1. The molecule has 1 aliphatic heterocycles. The fraction of sp³-hybridized carbons (Fsp3) is 0.450. The molecule has 3 heteroatoms. The van der Waals surface area contributed by atoms with Crippen LogP contribution in [0.1, 0.15) is 42.5 Å². The predicted molar refractivity (Wildman–Crippen MR) is 95.8 cm³/mol. The topological polar surface area (TPSA) is 32.3 Å². The van der Waals surface area contributed by atoms with Gasteiger partial charge in [0.05, 0.1) is 0 Å². The van der Waals surface area contributed by atoms with E-state index in [0.717, 1.165) is 30.3 Å². The van der Waals surface area contributed by atoms with Crippen LogP contribution >= 0.6 is 0 Å². The van der Waals surface area contributed by atoms with Crippen LogP contribution < -0.4 is 5.32 Å². The number of amides is 1. The lowest BCUT2D eigenvalue weighted by atomic mass is 10.1. The van der Waals surface area contributed by atoms with Gasteiger partial charge in [0, 0.05) is 12.1 Å². The van der Waals surface area contributed by atoms with Gasteiger partial charge in [0.25, 0.3) is 5.91 Å². The minimum Gasteiger partial charge on any atom is -0.352 e. The number of hydrogen-bond donors (Lipinski definition) is 1. The molecule has 0 atom stereocenters. The molecule has 1 amide bonds. The van der Waals surface area contributed by atoms with Crippen molar-refractivity contribution in [3.63, 3.8) is 0 Å². The lowest BCUT2D eigenvalue weighted by Gasteiger charge is -2.26. The highest BCUT2D eigenvalue weighted by molar-refractivity contribution is 5.98. The summed E-state index contributed by atoms with van der Waals surface area (Å²) in [6.07, 6.45) is 6.30.